The van der Waals surface area contributed by atoms with Gasteiger partial charge in [-0.25, -0.2) is 4.52 Å². The second-order valence-corrected chi connectivity index (χ2v) is 7.33. The van der Waals surface area contributed by atoms with Gasteiger partial charge < -0.3 is 15.2 Å². The quantitative estimate of drug-likeness (QED) is 0.766. The van der Waals surface area contributed by atoms with Crippen LogP contribution in [-0.4, -0.2) is 33.3 Å². The lowest BCUT2D eigenvalue weighted by Gasteiger charge is -2.31. The molecular formula is C19H22ClN5O. The minimum atomic E-state index is -0.0605. The van der Waals surface area contributed by atoms with Gasteiger partial charge in [-0.2, -0.15) is 0 Å². The molecule has 1 aliphatic rings. The van der Waals surface area contributed by atoms with Gasteiger partial charge in [-0.05, 0) is 24.5 Å². The summed E-state index contributed by atoms with van der Waals surface area (Å²) in [5, 5.41) is 5.42. The minimum Gasteiger partial charge on any atom is -0.353 e. The molecule has 2 N–H and O–H groups in total. The number of halogens is 1. The fourth-order valence-electron chi connectivity index (χ4n) is 3.64. The smallest absolute Gasteiger partial charge is 0.276 e. The highest BCUT2D eigenvalue weighted by Crippen LogP contribution is 2.29. The lowest BCUT2D eigenvalue weighted by molar-refractivity contribution is 0.502. The van der Waals surface area contributed by atoms with Crippen LogP contribution in [0.1, 0.15) is 24.0 Å². The second kappa shape index (κ2) is 6.78. The van der Waals surface area contributed by atoms with E-state index >= 15 is 0 Å². The number of nitrogens with two attached hydrogens (primary N) is 1. The maximum Gasteiger partial charge on any atom is 0.276 e. The van der Waals surface area contributed by atoms with Gasteiger partial charge >= 0.3 is 0 Å². The first-order chi connectivity index (χ1) is 12.5. The number of fused-ring (bicyclic) bond motifs is 1. The first-order valence-electron chi connectivity index (χ1n) is 8.85. The highest BCUT2D eigenvalue weighted by Gasteiger charge is 2.25. The largest absolute Gasteiger partial charge is 0.353 e. The van der Waals surface area contributed by atoms with Gasteiger partial charge in [-0.15, -0.1) is 5.10 Å². The van der Waals surface area contributed by atoms with Crippen molar-refractivity contribution in [3.8, 4) is 0 Å². The van der Waals surface area contributed by atoms with Crippen LogP contribution in [0, 0.1) is 0 Å². The SMILES string of the molecule is Cn1ccn2nc(N3CCC[C@@H](N)C3)c(Cc3ccccc3Cl)c2c1=O. The molecule has 0 bridgehead atoms. The average Bonchev–Trinajstić information content (AvgIpc) is 2.99. The molecule has 0 aliphatic carbocycles. The van der Waals surface area contributed by atoms with Crippen molar-refractivity contribution in [1.29, 1.82) is 0 Å². The molecule has 26 heavy (non-hydrogen) atoms. The zero-order valence-corrected chi connectivity index (χ0v) is 15.5. The van der Waals surface area contributed by atoms with E-state index in [0.717, 1.165) is 42.9 Å². The Morgan fingerprint density at radius 1 is 1.31 bits per heavy atom. The number of hydrogen-bond donors (Lipinski definition) is 1. The van der Waals surface area contributed by atoms with Crippen molar-refractivity contribution >= 4 is 22.9 Å². The van der Waals surface area contributed by atoms with Crippen LogP contribution in [0.3, 0.4) is 0 Å². The second-order valence-electron chi connectivity index (χ2n) is 6.93. The van der Waals surface area contributed by atoms with Crippen LogP contribution < -0.4 is 16.2 Å². The van der Waals surface area contributed by atoms with E-state index in [1.807, 2.05) is 30.5 Å². The van der Waals surface area contributed by atoms with Crippen LogP contribution in [0.15, 0.2) is 41.5 Å². The summed E-state index contributed by atoms with van der Waals surface area (Å²) in [6, 6.07) is 7.86. The molecule has 136 valence electrons. The molecule has 1 aromatic carbocycles. The Hall–Kier alpha value is -2.31. The molecule has 0 spiro atoms. The van der Waals surface area contributed by atoms with Crippen LogP contribution in [0.2, 0.25) is 5.02 Å². The summed E-state index contributed by atoms with van der Waals surface area (Å²) in [6.07, 6.45) is 6.15. The Bertz CT molecular complexity index is 1010. The Balaban J connectivity index is 1.89. The Labute approximate surface area is 156 Å². The van der Waals surface area contributed by atoms with Gasteiger partial charge in [0.1, 0.15) is 5.52 Å². The molecule has 1 aliphatic heterocycles. The van der Waals surface area contributed by atoms with Crippen LogP contribution in [-0.2, 0) is 13.5 Å². The molecule has 1 fully saturated rings. The fraction of sp³-hybridized carbons (Fsp3) is 0.368. The lowest BCUT2D eigenvalue weighted by Crippen LogP contribution is -2.43. The van der Waals surface area contributed by atoms with E-state index in [4.69, 9.17) is 22.4 Å². The van der Waals surface area contributed by atoms with Crippen molar-refractivity contribution in [2.75, 3.05) is 18.0 Å². The van der Waals surface area contributed by atoms with Crippen molar-refractivity contribution in [3.05, 3.63) is 63.2 Å². The third-order valence-electron chi connectivity index (χ3n) is 5.02. The normalized spacial score (nSPS) is 17.8. The number of benzene rings is 1. The molecule has 1 atom stereocenters. The first-order valence-corrected chi connectivity index (χ1v) is 9.23. The average molecular weight is 372 g/mol. The van der Waals surface area contributed by atoms with E-state index in [1.165, 1.54) is 0 Å². The van der Waals surface area contributed by atoms with Gasteiger partial charge in [0.25, 0.3) is 5.56 Å². The predicted octanol–water partition coefficient (Wildman–Crippen LogP) is 2.20. The maximum absolute atomic E-state index is 12.8. The fourth-order valence-corrected chi connectivity index (χ4v) is 3.84. The van der Waals surface area contributed by atoms with Crippen molar-refractivity contribution in [3.63, 3.8) is 0 Å². The number of hydrogen-bond acceptors (Lipinski definition) is 4. The highest BCUT2D eigenvalue weighted by atomic mass is 35.5. The Morgan fingerprint density at radius 3 is 2.88 bits per heavy atom. The topological polar surface area (TPSA) is 68.6 Å². The number of nitrogens with zero attached hydrogens (tertiary/aromatic N) is 4. The summed E-state index contributed by atoms with van der Waals surface area (Å²) in [7, 11) is 1.76. The van der Waals surface area contributed by atoms with E-state index in [2.05, 4.69) is 4.90 Å². The monoisotopic (exact) mass is 371 g/mol. The van der Waals surface area contributed by atoms with Crippen LogP contribution in [0.4, 0.5) is 5.82 Å². The molecular weight excluding hydrogens is 350 g/mol. The molecule has 0 saturated carbocycles. The summed E-state index contributed by atoms with van der Waals surface area (Å²) < 4.78 is 3.27. The van der Waals surface area contributed by atoms with E-state index in [1.54, 1.807) is 22.3 Å². The molecule has 0 radical (unpaired) electrons. The van der Waals surface area contributed by atoms with Crippen molar-refractivity contribution in [2.24, 2.45) is 12.8 Å². The highest BCUT2D eigenvalue weighted by molar-refractivity contribution is 6.31. The number of anilines is 1. The van der Waals surface area contributed by atoms with Gasteiger partial charge in [-0.3, -0.25) is 4.79 Å². The molecule has 3 aromatic rings. The summed E-state index contributed by atoms with van der Waals surface area (Å²) in [4.78, 5) is 15.0. The van der Waals surface area contributed by atoms with Gasteiger partial charge in [0.2, 0.25) is 0 Å². The molecule has 6 nitrogen and oxygen atoms in total. The predicted molar refractivity (Wildman–Crippen MR) is 104 cm³/mol. The summed E-state index contributed by atoms with van der Waals surface area (Å²) >= 11 is 6.38. The molecule has 0 unspecified atom stereocenters. The van der Waals surface area contributed by atoms with E-state index in [-0.39, 0.29) is 11.6 Å². The minimum absolute atomic E-state index is 0.0605. The molecule has 2 aromatic heterocycles. The third-order valence-corrected chi connectivity index (χ3v) is 5.39. The summed E-state index contributed by atoms with van der Waals surface area (Å²) in [5.74, 6) is 0.836. The number of rotatable bonds is 3. The molecule has 7 heteroatoms. The zero-order valence-electron chi connectivity index (χ0n) is 14.7. The molecule has 1 saturated heterocycles. The van der Waals surface area contributed by atoms with Crippen LogP contribution in [0.5, 0.6) is 0 Å². The van der Waals surface area contributed by atoms with Crippen LogP contribution >= 0.6 is 11.6 Å². The Morgan fingerprint density at radius 2 is 2.12 bits per heavy atom. The van der Waals surface area contributed by atoms with Crippen LogP contribution in [0.25, 0.3) is 5.52 Å². The first kappa shape index (κ1) is 17.1. The van der Waals surface area contributed by atoms with E-state index < -0.39 is 0 Å². The lowest BCUT2D eigenvalue weighted by atomic mass is 10.0. The van der Waals surface area contributed by atoms with Gasteiger partial charge in [0.15, 0.2) is 5.82 Å². The van der Waals surface area contributed by atoms with Gasteiger partial charge in [0, 0.05) is 55.6 Å². The molecule has 0 amide bonds. The summed E-state index contributed by atoms with van der Waals surface area (Å²) in [5.41, 5.74) is 8.61. The number of aryl methyl sites for hydroxylation is 1. The Kier molecular flexibility index (Phi) is 4.46. The molecule has 3 heterocycles. The van der Waals surface area contributed by atoms with E-state index in [9.17, 15) is 4.79 Å². The van der Waals surface area contributed by atoms with Gasteiger partial charge in [0.05, 0.1) is 0 Å². The summed E-state index contributed by atoms with van der Waals surface area (Å²) in [6.45, 7) is 1.65. The van der Waals surface area contributed by atoms with Crippen molar-refractivity contribution in [2.45, 2.75) is 25.3 Å². The zero-order chi connectivity index (χ0) is 18.3. The van der Waals surface area contributed by atoms with Crippen molar-refractivity contribution in [1.82, 2.24) is 14.2 Å². The maximum atomic E-state index is 12.8. The van der Waals surface area contributed by atoms with Crippen molar-refractivity contribution < 1.29 is 0 Å². The third kappa shape index (κ3) is 2.99. The standard InChI is InChI=1S/C19H22ClN5O/c1-23-9-10-25-17(19(23)26)15(11-13-5-2-3-7-16(13)20)18(22-25)24-8-4-6-14(21)12-24/h2-3,5,7,9-10,14H,4,6,8,11-12,21H2,1H3/t14-/m1/s1. The van der Waals surface area contributed by atoms with E-state index in [0.29, 0.717) is 17.0 Å². The molecule has 4 rings (SSSR count). The number of piperidine rings is 1. The van der Waals surface area contributed by atoms with Gasteiger partial charge in [-0.1, -0.05) is 29.8 Å². The number of aromatic nitrogens is 3.